The Bertz CT molecular complexity index is 1560. The van der Waals surface area contributed by atoms with Gasteiger partial charge in [0.15, 0.2) is 5.13 Å². The van der Waals surface area contributed by atoms with Crippen LogP contribution in [0.5, 0.6) is 0 Å². The highest BCUT2D eigenvalue weighted by Crippen LogP contribution is 2.34. The minimum atomic E-state index is -4.49. The van der Waals surface area contributed by atoms with Gasteiger partial charge in [0, 0.05) is 36.8 Å². The Morgan fingerprint density at radius 2 is 1.97 bits per heavy atom. The van der Waals surface area contributed by atoms with Gasteiger partial charge in [0.25, 0.3) is 0 Å². The van der Waals surface area contributed by atoms with Crippen molar-refractivity contribution in [1.82, 2.24) is 29.9 Å². The van der Waals surface area contributed by atoms with Gasteiger partial charge in [-0.2, -0.15) is 13.2 Å². The van der Waals surface area contributed by atoms with Gasteiger partial charge in [-0.3, -0.25) is 10.00 Å². The molecule has 5 rings (SSSR count). The van der Waals surface area contributed by atoms with Gasteiger partial charge in [0.05, 0.1) is 26.9 Å². The number of anilines is 3. The van der Waals surface area contributed by atoms with Crippen LogP contribution in [0.4, 0.5) is 34.6 Å². The van der Waals surface area contributed by atoms with E-state index >= 15 is 0 Å². The number of carbonyl (C=O) groups excluding carboxylic acids is 1. The van der Waals surface area contributed by atoms with Crippen LogP contribution in [0.3, 0.4) is 0 Å². The predicted octanol–water partition coefficient (Wildman–Crippen LogP) is 5.26. The summed E-state index contributed by atoms with van der Waals surface area (Å²) in [5.41, 5.74) is 0.751. The highest BCUT2D eigenvalue weighted by Gasteiger charge is 2.30. The summed E-state index contributed by atoms with van der Waals surface area (Å²) in [5, 5.41) is 16.7. The number of hydrogen-bond acceptors (Lipinski definition) is 9. The summed E-state index contributed by atoms with van der Waals surface area (Å²) in [5.74, 6) is 0.702. The Morgan fingerprint density at radius 3 is 2.76 bits per heavy atom. The summed E-state index contributed by atoms with van der Waals surface area (Å²) >= 11 is 2.79. The van der Waals surface area contributed by atoms with E-state index in [4.69, 9.17) is 0 Å². The van der Waals surface area contributed by atoms with Gasteiger partial charge in [0.2, 0.25) is 0 Å². The van der Waals surface area contributed by atoms with Crippen molar-refractivity contribution < 1.29 is 18.0 Å². The first kappa shape index (κ1) is 24.6. The van der Waals surface area contributed by atoms with E-state index in [0.717, 1.165) is 37.8 Å². The zero-order valence-electron chi connectivity index (χ0n) is 19.1. The molecule has 4 heterocycles. The number of fused-ring (bicyclic) bond motifs is 1. The standard InChI is InChI=1S/C22H18F3N9OS2/c1-34-10-16(32-33-34)17-8-15-18(37-17)19(29-11-28-15)26-6-5-14-9-27-21(36-14)31-20(35)30-13-4-2-3-12(7-13)22(23,24)25/h2-4,7-11H,5-6H2,1H3,(H,26,28,29)(H2,27,30,31,35). The normalized spacial score (nSPS) is 11.6. The third kappa shape index (κ3) is 5.83. The second-order valence-corrected chi connectivity index (χ2v) is 9.96. The topological polar surface area (TPSA) is 123 Å². The van der Waals surface area contributed by atoms with Crippen molar-refractivity contribution in [3.8, 4) is 10.6 Å². The van der Waals surface area contributed by atoms with Crippen LogP contribution in [-0.4, -0.2) is 42.5 Å². The number of carbonyl (C=O) groups is 1. The van der Waals surface area contributed by atoms with Gasteiger partial charge < -0.3 is 10.6 Å². The van der Waals surface area contributed by atoms with Crippen LogP contribution in [0.2, 0.25) is 0 Å². The van der Waals surface area contributed by atoms with E-state index in [-0.39, 0.29) is 5.69 Å². The number of nitrogens with zero attached hydrogens (tertiary/aromatic N) is 6. The molecule has 0 saturated carbocycles. The van der Waals surface area contributed by atoms with Crippen LogP contribution >= 0.6 is 22.7 Å². The molecule has 10 nitrogen and oxygen atoms in total. The second kappa shape index (κ2) is 10.1. The Balaban J connectivity index is 1.17. The van der Waals surface area contributed by atoms with Gasteiger partial charge in [-0.05, 0) is 24.3 Å². The predicted molar refractivity (Wildman–Crippen MR) is 136 cm³/mol. The summed E-state index contributed by atoms with van der Waals surface area (Å²) < 4.78 is 41.1. The molecule has 3 N–H and O–H groups in total. The summed E-state index contributed by atoms with van der Waals surface area (Å²) in [6, 6.07) is 5.67. The van der Waals surface area contributed by atoms with E-state index in [9.17, 15) is 18.0 Å². The van der Waals surface area contributed by atoms with Crippen molar-refractivity contribution >= 4 is 55.6 Å². The van der Waals surface area contributed by atoms with Gasteiger partial charge in [-0.15, -0.1) is 27.8 Å². The van der Waals surface area contributed by atoms with E-state index in [1.165, 1.54) is 41.1 Å². The Labute approximate surface area is 215 Å². The minimum absolute atomic E-state index is 0.0283. The van der Waals surface area contributed by atoms with Gasteiger partial charge >= 0.3 is 12.2 Å². The first-order chi connectivity index (χ1) is 17.7. The number of aryl methyl sites for hydroxylation is 1. The van der Waals surface area contributed by atoms with E-state index in [1.54, 1.807) is 17.9 Å². The number of halogens is 3. The molecule has 0 aliphatic carbocycles. The molecule has 15 heteroatoms. The van der Waals surface area contributed by atoms with Crippen molar-refractivity contribution in [2.24, 2.45) is 7.05 Å². The maximum atomic E-state index is 12.9. The fourth-order valence-corrected chi connectivity index (χ4v) is 5.22. The van der Waals surface area contributed by atoms with E-state index in [0.29, 0.717) is 23.9 Å². The molecule has 190 valence electrons. The molecule has 0 radical (unpaired) electrons. The van der Waals surface area contributed by atoms with E-state index < -0.39 is 17.8 Å². The Kier molecular flexibility index (Phi) is 6.71. The van der Waals surface area contributed by atoms with Crippen LogP contribution < -0.4 is 16.0 Å². The molecule has 37 heavy (non-hydrogen) atoms. The first-order valence-corrected chi connectivity index (χ1v) is 12.4. The fourth-order valence-electron chi connectivity index (χ4n) is 3.38. The Morgan fingerprint density at radius 1 is 1.11 bits per heavy atom. The number of urea groups is 1. The van der Waals surface area contributed by atoms with Crippen LogP contribution in [-0.2, 0) is 19.6 Å². The highest BCUT2D eigenvalue weighted by molar-refractivity contribution is 7.22. The number of hydrogen-bond donors (Lipinski definition) is 3. The zero-order chi connectivity index (χ0) is 26.0. The lowest BCUT2D eigenvalue weighted by Gasteiger charge is -2.09. The van der Waals surface area contributed by atoms with E-state index in [1.807, 2.05) is 12.3 Å². The molecule has 0 aliphatic heterocycles. The van der Waals surface area contributed by atoms with Gasteiger partial charge in [0.1, 0.15) is 17.8 Å². The van der Waals surface area contributed by atoms with Crippen molar-refractivity contribution in [1.29, 1.82) is 0 Å². The number of benzene rings is 1. The minimum Gasteiger partial charge on any atom is -0.368 e. The SMILES string of the molecule is Cn1cc(-c2cc3ncnc(NCCc4cnc(NC(=O)Nc5cccc(C(F)(F)F)c5)s4)c3s2)nn1. The number of aromatic nitrogens is 6. The maximum Gasteiger partial charge on any atom is 0.416 e. The maximum absolute atomic E-state index is 12.9. The summed E-state index contributed by atoms with van der Waals surface area (Å²) in [6.45, 7) is 0.558. The van der Waals surface area contributed by atoms with Crippen molar-refractivity contribution in [3.63, 3.8) is 0 Å². The number of thiazole rings is 1. The quantitative estimate of drug-likeness (QED) is 0.255. The third-order valence-electron chi connectivity index (χ3n) is 5.05. The molecule has 1 aromatic carbocycles. The molecule has 0 spiro atoms. The van der Waals surface area contributed by atoms with Crippen molar-refractivity contribution in [2.45, 2.75) is 12.6 Å². The number of nitrogens with one attached hydrogen (secondary N) is 3. The van der Waals surface area contributed by atoms with E-state index in [2.05, 4.69) is 41.2 Å². The molecule has 0 atom stereocenters. The molecule has 0 aliphatic rings. The molecule has 0 unspecified atom stereocenters. The molecule has 0 bridgehead atoms. The largest absolute Gasteiger partial charge is 0.416 e. The smallest absolute Gasteiger partial charge is 0.368 e. The molecule has 5 aromatic rings. The number of alkyl halides is 3. The molecule has 2 amide bonds. The lowest BCUT2D eigenvalue weighted by Crippen LogP contribution is -2.19. The summed E-state index contributed by atoms with van der Waals surface area (Å²) in [6.07, 6.45) is 1.09. The zero-order valence-corrected chi connectivity index (χ0v) is 20.7. The number of thiophene rings is 1. The second-order valence-electron chi connectivity index (χ2n) is 7.79. The third-order valence-corrected chi connectivity index (χ3v) is 7.18. The van der Waals surface area contributed by atoms with Crippen molar-refractivity contribution in [3.05, 3.63) is 59.5 Å². The molecule has 0 saturated heterocycles. The lowest BCUT2D eigenvalue weighted by molar-refractivity contribution is -0.137. The summed E-state index contributed by atoms with van der Waals surface area (Å²) in [4.78, 5) is 26.9. The molecular formula is C22H18F3N9OS2. The first-order valence-electron chi connectivity index (χ1n) is 10.8. The van der Waals surface area contributed by atoms with Crippen LogP contribution in [0.15, 0.2) is 49.1 Å². The molecular weight excluding hydrogens is 527 g/mol. The lowest BCUT2D eigenvalue weighted by atomic mass is 10.2. The average Bonchev–Trinajstić information content (AvgIpc) is 3.58. The Hall–Kier alpha value is -4.11. The number of amides is 2. The molecule has 0 fully saturated rings. The number of rotatable bonds is 7. The summed E-state index contributed by atoms with van der Waals surface area (Å²) in [7, 11) is 1.81. The van der Waals surface area contributed by atoms with Crippen LogP contribution in [0.1, 0.15) is 10.4 Å². The van der Waals surface area contributed by atoms with Gasteiger partial charge in [-0.25, -0.2) is 19.7 Å². The molecule has 4 aromatic heterocycles. The highest BCUT2D eigenvalue weighted by atomic mass is 32.1. The van der Waals surface area contributed by atoms with Crippen molar-refractivity contribution in [2.75, 3.05) is 22.5 Å². The van der Waals surface area contributed by atoms with Crippen LogP contribution in [0.25, 0.3) is 20.8 Å². The van der Waals surface area contributed by atoms with Crippen LogP contribution in [0, 0.1) is 0 Å². The monoisotopic (exact) mass is 545 g/mol. The fraction of sp³-hybridized carbons (Fsp3) is 0.182. The van der Waals surface area contributed by atoms with Gasteiger partial charge in [-0.1, -0.05) is 11.3 Å². The average molecular weight is 546 g/mol.